The number of likely N-dealkylation sites (N-methyl/N-ethyl adjacent to an activating group) is 1. The van der Waals surface area contributed by atoms with Crippen molar-refractivity contribution in [3.63, 3.8) is 0 Å². The summed E-state index contributed by atoms with van der Waals surface area (Å²) >= 11 is 0. The van der Waals surface area contributed by atoms with Gasteiger partial charge in [0.15, 0.2) is 0 Å². The number of allylic oxidation sites excluding steroid dienone is 11. The summed E-state index contributed by atoms with van der Waals surface area (Å²) in [5.74, 6) is -0.211. The number of nitrogens with one attached hydrogen (secondary N) is 1. The number of nitrogens with zero attached hydrogens (tertiary/aromatic N) is 1. The standard InChI is InChI=1S/C61H113N2O6P/c1-6-8-10-12-14-16-18-20-22-23-24-25-26-27-28-29-30-31-32-33-34-35-36-37-38-39-41-43-45-47-49-51-53-55-61(65)62-59(58-69-70(66,67)68-57-56-63(3,4)5)60(64)54-52-50-48-46-44-42-40-21-19-17-15-13-11-9-7-2/h18-21,23-24,26-27,44,46,52,54,59-60,64H,6-17,22,25,28-43,45,47-51,53,55-58H2,1-5H3,(H-,62,65,66,67)/b20-18-,21-19+,24-23-,27-26-,46-44+,54-52+. The Bertz CT molecular complexity index is 1370. The molecule has 0 aromatic heterocycles. The van der Waals surface area contributed by atoms with E-state index in [0.717, 1.165) is 57.8 Å². The van der Waals surface area contributed by atoms with Crippen LogP contribution in [0.2, 0.25) is 0 Å². The van der Waals surface area contributed by atoms with Gasteiger partial charge in [-0.25, -0.2) is 0 Å². The van der Waals surface area contributed by atoms with Gasteiger partial charge in [-0.05, 0) is 83.5 Å². The number of phosphoric ester groups is 1. The quantitative estimate of drug-likeness (QED) is 0.0272. The Morgan fingerprint density at radius 1 is 0.500 bits per heavy atom. The molecule has 8 nitrogen and oxygen atoms in total. The van der Waals surface area contributed by atoms with Crippen molar-refractivity contribution in [1.82, 2.24) is 5.32 Å². The number of carbonyl (C=O) groups excluding carboxylic acids is 1. The molecule has 0 aromatic rings. The van der Waals surface area contributed by atoms with Crippen LogP contribution in [0.1, 0.15) is 258 Å². The molecule has 0 spiro atoms. The van der Waals surface area contributed by atoms with Gasteiger partial charge in [0.25, 0.3) is 7.82 Å². The molecule has 0 aromatic carbocycles. The maximum atomic E-state index is 12.9. The number of quaternary nitrogens is 1. The molecular weight excluding hydrogens is 888 g/mol. The van der Waals surface area contributed by atoms with E-state index in [1.165, 1.54) is 180 Å². The van der Waals surface area contributed by atoms with Gasteiger partial charge in [-0.1, -0.05) is 241 Å². The van der Waals surface area contributed by atoms with Crippen LogP contribution < -0.4 is 10.2 Å². The van der Waals surface area contributed by atoms with E-state index in [0.29, 0.717) is 17.4 Å². The highest BCUT2D eigenvalue weighted by molar-refractivity contribution is 7.45. The molecule has 408 valence electrons. The Balaban J connectivity index is 4.09. The van der Waals surface area contributed by atoms with Crippen molar-refractivity contribution >= 4 is 13.7 Å². The molecule has 0 aliphatic carbocycles. The summed E-state index contributed by atoms with van der Waals surface area (Å²) in [6.45, 7) is 4.60. The van der Waals surface area contributed by atoms with Crippen molar-refractivity contribution in [3.05, 3.63) is 72.9 Å². The summed E-state index contributed by atoms with van der Waals surface area (Å²) < 4.78 is 23.3. The molecule has 0 heterocycles. The Hall–Kier alpha value is -2.06. The first-order valence-electron chi connectivity index (χ1n) is 29.3. The molecule has 0 fully saturated rings. The van der Waals surface area contributed by atoms with Crippen LogP contribution in [0.25, 0.3) is 0 Å². The van der Waals surface area contributed by atoms with Gasteiger partial charge in [0.2, 0.25) is 5.91 Å². The molecule has 0 rings (SSSR count). The van der Waals surface area contributed by atoms with E-state index in [1.54, 1.807) is 6.08 Å². The van der Waals surface area contributed by atoms with Gasteiger partial charge in [0.05, 0.1) is 39.9 Å². The van der Waals surface area contributed by atoms with Gasteiger partial charge < -0.3 is 28.8 Å². The van der Waals surface area contributed by atoms with E-state index in [4.69, 9.17) is 9.05 Å². The van der Waals surface area contributed by atoms with E-state index < -0.39 is 26.6 Å². The first-order chi connectivity index (χ1) is 34.0. The summed E-state index contributed by atoms with van der Waals surface area (Å²) in [5.41, 5.74) is 0. The Labute approximate surface area is 434 Å². The molecule has 3 atom stereocenters. The van der Waals surface area contributed by atoms with Gasteiger partial charge >= 0.3 is 0 Å². The summed E-state index contributed by atoms with van der Waals surface area (Å²) in [5, 5.41) is 13.8. The normalized spacial score (nSPS) is 14.4. The monoisotopic (exact) mass is 1000 g/mol. The van der Waals surface area contributed by atoms with E-state index in [1.807, 2.05) is 27.2 Å². The van der Waals surface area contributed by atoms with Crippen molar-refractivity contribution in [2.75, 3.05) is 40.9 Å². The van der Waals surface area contributed by atoms with Gasteiger partial charge in [0.1, 0.15) is 13.2 Å². The minimum absolute atomic E-state index is 0.0104. The smallest absolute Gasteiger partial charge is 0.268 e. The third-order valence-electron chi connectivity index (χ3n) is 12.9. The number of aliphatic hydroxyl groups is 1. The van der Waals surface area contributed by atoms with Crippen LogP contribution in [0.15, 0.2) is 72.9 Å². The van der Waals surface area contributed by atoms with Crippen molar-refractivity contribution in [2.24, 2.45) is 0 Å². The zero-order chi connectivity index (χ0) is 51.3. The second kappa shape index (κ2) is 51.8. The van der Waals surface area contributed by atoms with Gasteiger partial charge in [-0.15, -0.1) is 0 Å². The lowest BCUT2D eigenvalue weighted by Crippen LogP contribution is -2.45. The van der Waals surface area contributed by atoms with Gasteiger partial charge in [-0.3, -0.25) is 9.36 Å². The van der Waals surface area contributed by atoms with E-state index in [2.05, 4.69) is 79.9 Å². The summed E-state index contributed by atoms with van der Waals surface area (Å²) in [6, 6.07) is -0.911. The molecular formula is C61H113N2O6P. The molecule has 0 aliphatic heterocycles. The summed E-state index contributed by atoms with van der Waals surface area (Å²) in [4.78, 5) is 25.5. The Morgan fingerprint density at radius 2 is 0.843 bits per heavy atom. The fraction of sp³-hybridized carbons (Fsp3) is 0.787. The number of aliphatic hydroxyl groups excluding tert-OH is 1. The molecule has 0 aliphatic rings. The van der Waals surface area contributed by atoms with Crippen molar-refractivity contribution in [2.45, 2.75) is 270 Å². The van der Waals surface area contributed by atoms with E-state index in [9.17, 15) is 19.4 Å². The van der Waals surface area contributed by atoms with Crippen LogP contribution in [0.4, 0.5) is 0 Å². The summed E-state index contributed by atoms with van der Waals surface area (Å²) in [6.07, 6.45) is 71.4. The number of hydrogen-bond donors (Lipinski definition) is 2. The average Bonchev–Trinajstić information content (AvgIpc) is 3.32. The number of unbranched alkanes of at least 4 members (excludes halogenated alkanes) is 30. The highest BCUT2D eigenvalue weighted by atomic mass is 31.2. The van der Waals surface area contributed by atoms with Gasteiger partial charge in [0, 0.05) is 6.42 Å². The molecule has 9 heteroatoms. The Morgan fingerprint density at radius 3 is 1.26 bits per heavy atom. The predicted molar refractivity (Wildman–Crippen MR) is 302 cm³/mol. The topological polar surface area (TPSA) is 108 Å². The predicted octanol–water partition coefficient (Wildman–Crippen LogP) is 17.2. The van der Waals surface area contributed by atoms with Crippen LogP contribution in [-0.4, -0.2) is 68.5 Å². The zero-order valence-corrected chi connectivity index (χ0v) is 47.4. The largest absolute Gasteiger partial charge is 0.756 e. The van der Waals surface area contributed by atoms with Crippen molar-refractivity contribution in [3.8, 4) is 0 Å². The van der Waals surface area contributed by atoms with Crippen LogP contribution in [-0.2, 0) is 18.4 Å². The number of carbonyl (C=O) groups is 1. The lowest BCUT2D eigenvalue weighted by molar-refractivity contribution is -0.870. The third kappa shape index (κ3) is 53.7. The highest BCUT2D eigenvalue weighted by Gasteiger charge is 2.23. The number of phosphoric acid groups is 1. The first-order valence-corrected chi connectivity index (χ1v) is 30.8. The third-order valence-corrected chi connectivity index (χ3v) is 13.8. The average molecular weight is 1000 g/mol. The minimum atomic E-state index is -4.61. The second-order valence-corrected chi connectivity index (χ2v) is 22.4. The maximum absolute atomic E-state index is 12.9. The molecule has 70 heavy (non-hydrogen) atoms. The van der Waals surface area contributed by atoms with Crippen molar-refractivity contribution in [1.29, 1.82) is 0 Å². The van der Waals surface area contributed by atoms with E-state index >= 15 is 0 Å². The minimum Gasteiger partial charge on any atom is -0.756 e. The molecule has 0 radical (unpaired) electrons. The molecule has 0 saturated heterocycles. The molecule has 0 saturated carbocycles. The zero-order valence-electron chi connectivity index (χ0n) is 46.5. The van der Waals surface area contributed by atoms with E-state index in [-0.39, 0.29) is 12.5 Å². The van der Waals surface area contributed by atoms with Crippen LogP contribution in [0.5, 0.6) is 0 Å². The van der Waals surface area contributed by atoms with Crippen LogP contribution >= 0.6 is 7.82 Å². The Kier molecular flexibility index (Phi) is 50.3. The molecule has 3 unspecified atom stereocenters. The number of rotatable bonds is 53. The van der Waals surface area contributed by atoms with Gasteiger partial charge in [-0.2, -0.15) is 0 Å². The lowest BCUT2D eigenvalue weighted by Gasteiger charge is -2.29. The summed E-state index contributed by atoms with van der Waals surface area (Å²) in [7, 11) is 1.23. The SMILES string of the molecule is CCCCCCC/C=C\C/C=C\C/C=C\CCCCCCCCCCCCCCCCCCCCC(=O)NC(COP(=O)([O-])OCC[N+](C)(C)C)C(O)/C=C/CC/C=C/CC/C=C/CCCCCCC. The molecule has 2 N–H and O–H groups in total. The number of amides is 1. The lowest BCUT2D eigenvalue weighted by atomic mass is 10.0. The fourth-order valence-corrected chi connectivity index (χ4v) is 8.97. The molecule has 0 bridgehead atoms. The maximum Gasteiger partial charge on any atom is 0.268 e. The fourth-order valence-electron chi connectivity index (χ4n) is 8.25. The highest BCUT2D eigenvalue weighted by Crippen LogP contribution is 2.38. The van der Waals surface area contributed by atoms with Crippen LogP contribution in [0.3, 0.4) is 0 Å². The second-order valence-electron chi connectivity index (χ2n) is 21.0. The number of hydrogen-bond acceptors (Lipinski definition) is 6. The molecule has 1 amide bonds. The van der Waals surface area contributed by atoms with Crippen molar-refractivity contribution < 1.29 is 32.9 Å². The first kappa shape index (κ1) is 67.9. The van der Waals surface area contributed by atoms with Crippen LogP contribution in [0, 0.1) is 0 Å².